The van der Waals surface area contributed by atoms with E-state index in [2.05, 4.69) is 15.6 Å². The number of ether oxygens (including phenoxy) is 2. The predicted octanol–water partition coefficient (Wildman–Crippen LogP) is 3.03. The third kappa shape index (κ3) is 10.2. The van der Waals surface area contributed by atoms with Crippen LogP contribution in [0.5, 0.6) is 0 Å². The van der Waals surface area contributed by atoms with Crippen molar-refractivity contribution in [1.82, 2.24) is 10.6 Å². The lowest BCUT2D eigenvalue weighted by Crippen LogP contribution is -2.38. The molecule has 1 aromatic rings. The zero-order valence-corrected chi connectivity index (χ0v) is 16.9. The second-order valence-electron chi connectivity index (χ2n) is 5.68. The molecule has 0 saturated heterocycles. The van der Waals surface area contributed by atoms with E-state index < -0.39 is 6.10 Å². The van der Waals surface area contributed by atoms with Gasteiger partial charge in [-0.1, -0.05) is 23.2 Å². The quantitative estimate of drug-likeness (QED) is 0.283. The van der Waals surface area contributed by atoms with Crippen molar-refractivity contribution in [3.8, 4) is 0 Å². The molecule has 6 nitrogen and oxygen atoms in total. The van der Waals surface area contributed by atoms with E-state index in [0.29, 0.717) is 41.4 Å². The van der Waals surface area contributed by atoms with Gasteiger partial charge in [0.2, 0.25) is 0 Å². The van der Waals surface area contributed by atoms with Crippen LogP contribution in [0, 0.1) is 0 Å². The van der Waals surface area contributed by atoms with Crippen LogP contribution in [0.3, 0.4) is 0 Å². The topological polar surface area (TPSA) is 75.1 Å². The summed E-state index contributed by atoms with van der Waals surface area (Å²) in [7, 11) is 1.66. The van der Waals surface area contributed by atoms with Gasteiger partial charge in [0, 0.05) is 36.9 Å². The molecule has 0 aliphatic heterocycles. The zero-order valence-electron chi connectivity index (χ0n) is 15.4. The Kier molecular flexibility index (Phi) is 12.4. The largest absolute Gasteiger partial charge is 0.386 e. The first-order valence-electron chi connectivity index (χ1n) is 8.79. The maximum absolute atomic E-state index is 10.3. The van der Waals surface area contributed by atoms with Crippen LogP contribution in [0.1, 0.15) is 31.4 Å². The molecule has 0 aliphatic rings. The molecule has 1 rings (SSSR count). The van der Waals surface area contributed by atoms with Gasteiger partial charge in [0.05, 0.1) is 25.9 Å². The number of rotatable bonds is 12. The monoisotopic (exact) mass is 405 g/mol. The van der Waals surface area contributed by atoms with Gasteiger partial charge in [0.15, 0.2) is 5.96 Å². The smallest absolute Gasteiger partial charge is 0.191 e. The maximum atomic E-state index is 10.3. The predicted molar refractivity (Wildman–Crippen MR) is 107 cm³/mol. The van der Waals surface area contributed by atoms with Gasteiger partial charge < -0.3 is 25.2 Å². The summed E-state index contributed by atoms with van der Waals surface area (Å²) in [5.74, 6) is 0.667. The van der Waals surface area contributed by atoms with Crippen molar-refractivity contribution in [2.24, 2.45) is 4.99 Å². The molecular weight excluding hydrogens is 377 g/mol. The number of aliphatic hydroxyl groups excluding tert-OH is 1. The summed E-state index contributed by atoms with van der Waals surface area (Å²) >= 11 is 11.9. The van der Waals surface area contributed by atoms with Gasteiger partial charge in [-0.2, -0.15) is 0 Å². The summed E-state index contributed by atoms with van der Waals surface area (Å²) in [5, 5.41) is 17.7. The summed E-state index contributed by atoms with van der Waals surface area (Å²) in [4.78, 5) is 4.42. The van der Waals surface area contributed by atoms with Crippen molar-refractivity contribution in [3.05, 3.63) is 33.8 Å². The Bertz CT molecular complexity index is 524. The zero-order chi connectivity index (χ0) is 19.2. The van der Waals surface area contributed by atoms with Crippen LogP contribution in [0.25, 0.3) is 0 Å². The SMILES string of the molecule is CCNC(=NCC(O)c1cc(Cl)cc(Cl)c1)NCCCCOCCOC. The minimum atomic E-state index is -0.768. The first-order chi connectivity index (χ1) is 12.6. The van der Waals surface area contributed by atoms with Crippen LogP contribution in [0.2, 0.25) is 10.0 Å². The van der Waals surface area contributed by atoms with Gasteiger partial charge in [-0.15, -0.1) is 0 Å². The summed E-state index contributed by atoms with van der Waals surface area (Å²) in [6, 6.07) is 5.02. The van der Waals surface area contributed by atoms with Crippen molar-refractivity contribution in [3.63, 3.8) is 0 Å². The number of halogens is 2. The third-order valence-electron chi connectivity index (χ3n) is 3.48. The third-order valence-corrected chi connectivity index (χ3v) is 3.91. The fourth-order valence-electron chi connectivity index (χ4n) is 2.17. The van der Waals surface area contributed by atoms with Gasteiger partial charge in [-0.25, -0.2) is 0 Å². The van der Waals surface area contributed by atoms with Crippen LogP contribution in [0.4, 0.5) is 0 Å². The summed E-state index contributed by atoms with van der Waals surface area (Å²) in [6.45, 7) is 5.69. The fourth-order valence-corrected chi connectivity index (χ4v) is 2.72. The molecular formula is C18H29Cl2N3O3. The van der Waals surface area contributed by atoms with Gasteiger partial charge in [0.25, 0.3) is 0 Å². The highest BCUT2D eigenvalue weighted by Crippen LogP contribution is 2.23. The molecule has 0 heterocycles. The standard InChI is InChI=1S/C18H29Cl2N3O3/c1-3-21-18(22-6-4-5-7-26-9-8-25-2)23-13-17(24)14-10-15(19)12-16(20)11-14/h10-12,17,24H,3-9,13H2,1-2H3,(H2,21,22,23). The van der Waals surface area contributed by atoms with Crippen LogP contribution in [-0.4, -0.2) is 57.6 Å². The molecule has 1 atom stereocenters. The number of nitrogens with one attached hydrogen (secondary N) is 2. The number of benzene rings is 1. The number of hydrogen-bond donors (Lipinski definition) is 3. The Morgan fingerprint density at radius 2 is 1.85 bits per heavy atom. The van der Waals surface area contributed by atoms with Crippen LogP contribution in [-0.2, 0) is 9.47 Å². The maximum Gasteiger partial charge on any atom is 0.191 e. The Morgan fingerprint density at radius 1 is 1.12 bits per heavy atom. The number of aliphatic imine (C=N–C) groups is 1. The second kappa shape index (κ2) is 14.1. The average molecular weight is 406 g/mol. The van der Waals surface area contributed by atoms with E-state index in [0.717, 1.165) is 25.9 Å². The van der Waals surface area contributed by atoms with Crippen molar-refractivity contribution in [2.75, 3.05) is 46.6 Å². The molecule has 0 radical (unpaired) electrons. The van der Waals surface area contributed by atoms with Crippen molar-refractivity contribution < 1.29 is 14.6 Å². The van der Waals surface area contributed by atoms with Gasteiger partial charge in [-0.3, -0.25) is 4.99 Å². The summed E-state index contributed by atoms with van der Waals surface area (Å²) in [6.07, 6.45) is 1.15. The molecule has 26 heavy (non-hydrogen) atoms. The van der Waals surface area contributed by atoms with E-state index in [4.69, 9.17) is 32.7 Å². The molecule has 8 heteroatoms. The first-order valence-corrected chi connectivity index (χ1v) is 9.55. The van der Waals surface area contributed by atoms with Crippen LogP contribution >= 0.6 is 23.2 Å². The molecule has 1 unspecified atom stereocenters. The Labute approximate surface area is 165 Å². The van der Waals surface area contributed by atoms with E-state index in [1.165, 1.54) is 0 Å². The van der Waals surface area contributed by atoms with Gasteiger partial charge in [0.1, 0.15) is 0 Å². The molecule has 0 bridgehead atoms. The lowest BCUT2D eigenvalue weighted by atomic mass is 10.1. The molecule has 0 spiro atoms. The molecule has 0 aromatic heterocycles. The molecule has 3 N–H and O–H groups in total. The summed E-state index contributed by atoms with van der Waals surface area (Å²) < 4.78 is 10.3. The molecule has 148 valence electrons. The molecule has 0 saturated carbocycles. The van der Waals surface area contributed by atoms with E-state index >= 15 is 0 Å². The number of nitrogens with zero attached hydrogens (tertiary/aromatic N) is 1. The number of aliphatic hydroxyl groups is 1. The Hall–Kier alpha value is -1.05. The number of guanidine groups is 1. The highest BCUT2D eigenvalue weighted by Gasteiger charge is 2.09. The molecule has 1 aromatic carbocycles. The van der Waals surface area contributed by atoms with Crippen molar-refractivity contribution in [2.45, 2.75) is 25.9 Å². The second-order valence-corrected chi connectivity index (χ2v) is 6.55. The van der Waals surface area contributed by atoms with E-state index in [-0.39, 0.29) is 6.54 Å². The lowest BCUT2D eigenvalue weighted by Gasteiger charge is -2.14. The van der Waals surface area contributed by atoms with Crippen LogP contribution < -0.4 is 10.6 Å². The van der Waals surface area contributed by atoms with E-state index in [1.54, 1.807) is 25.3 Å². The highest BCUT2D eigenvalue weighted by atomic mass is 35.5. The first kappa shape index (κ1) is 23.0. The van der Waals surface area contributed by atoms with Gasteiger partial charge in [-0.05, 0) is 43.5 Å². The van der Waals surface area contributed by atoms with E-state index in [1.807, 2.05) is 6.92 Å². The highest BCUT2D eigenvalue weighted by molar-refractivity contribution is 6.34. The molecule has 0 fully saturated rings. The Morgan fingerprint density at radius 3 is 2.50 bits per heavy atom. The molecule has 0 amide bonds. The number of hydrogen-bond acceptors (Lipinski definition) is 4. The normalized spacial score (nSPS) is 12.9. The van der Waals surface area contributed by atoms with E-state index in [9.17, 15) is 5.11 Å². The minimum absolute atomic E-state index is 0.214. The van der Waals surface area contributed by atoms with Crippen molar-refractivity contribution in [1.29, 1.82) is 0 Å². The summed E-state index contributed by atoms with van der Waals surface area (Å²) in [5.41, 5.74) is 0.648. The molecule has 0 aliphatic carbocycles. The van der Waals surface area contributed by atoms with Crippen molar-refractivity contribution >= 4 is 29.2 Å². The number of methoxy groups -OCH3 is 1. The van der Waals surface area contributed by atoms with Gasteiger partial charge >= 0.3 is 0 Å². The fraction of sp³-hybridized carbons (Fsp3) is 0.611. The lowest BCUT2D eigenvalue weighted by molar-refractivity contribution is 0.0689. The number of unbranched alkanes of at least 4 members (excludes halogenated alkanes) is 1. The Balaban J connectivity index is 2.37. The minimum Gasteiger partial charge on any atom is -0.386 e. The van der Waals surface area contributed by atoms with Crippen LogP contribution in [0.15, 0.2) is 23.2 Å². The average Bonchev–Trinajstić information content (AvgIpc) is 2.60.